The van der Waals surface area contributed by atoms with Crippen LogP contribution in [0.5, 0.6) is 0 Å². The lowest BCUT2D eigenvalue weighted by Crippen LogP contribution is -2.48. The lowest BCUT2D eigenvalue weighted by Gasteiger charge is -2.35. The molecule has 0 saturated carbocycles. The number of aliphatic hydroxyl groups excluding tert-OH is 1. The molecule has 2 aromatic heterocycles. The Morgan fingerprint density at radius 3 is 2.10 bits per heavy atom. The molecule has 0 bridgehead atoms. The van der Waals surface area contributed by atoms with Crippen LogP contribution < -0.4 is 11.1 Å². The molecule has 12 heteroatoms. The molecule has 278 valence electrons. The van der Waals surface area contributed by atoms with Gasteiger partial charge in [0.1, 0.15) is 18.0 Å². The molecule has 3 heterocycles. The fraction of sp³-hybridized carbons (Fsp3) is 0.375. The first-order chi connectivity index (χ1) is 25.1. The highest BCUT2D eigenvalue weighted by Gasteiger charge is 2.26. The average molecular weight is 720 g/mol. The minimum Gasteiger partial charge on any atom is -0.458 e. The van der Waals surface area contributed by atoms with Crippen molar-refractivity contribution in [2.75, 3.05) is 39.3 Å². The number of nitrogens with one attached hydrogen (secondary N) is 1. The van der Waals surface area contributed by atoms with Gasteiger partial charge in [0.05, 0.1) is 12.6 Å². The summed E-state index contributed by atoms with van der Waals surface area (Å²) in [5.74, 6) is 0.989. The molecular formula is C40H48F3N5O4. The summed E-state index contributed by atoms with van der Waals surface area (Å²) in [6.07, 6.45) is 9.81. The van der Waals surface area contributed by atoms with Crippen molar-refractivity contribution in [2.45, 2.75) is 50.9 Å². The molecule has 1 unspecified atom stereocenters. The van der Waals surface area contributed by atoms with Gasteiger partial charge in [0.15, 0.2) is 5.76 Å². The van der Waals surface area contributed by atoms with Crippen LogP contribution in [0.3, 0.4) is 0 Å². The molecule has 9 nitrogen and oxygen atoms in total. The van der Waals surface area contributed by atoms with Gasteiger partial charge in [0, 0.05) is 44.8 Å². The van der Waals surface area contributed by atoms with Crippen LogP contribution in [-0.4, -0.2) is 83.8 Å². The van der Waals surface area contributed by atoms with Crippen molar-refractivity contribution in [1.82, 2.24) is 20.1 Å². The number of rotatable bonds is 12. The fourth-order valence-corrected chi connectivity index (χ4v) is 6.03. The number of aryl methyl sites for hydroxylation is 2. The largest absolute Gasteiger partial charge is 0.458 e. The number of piperazine rings is 1. The normalized spacial score (nSPS) is 15.2. The highest BCUT2D eigenvalue weighted by atomic mass is 19.4. The molecule has 0 radical (unpaired) electrons. The number of pyridine rings is 1. The Kier molecular flexibility index (Phi) is 17.6. The topological polar surface area (TPSA) is 125 Å². The van der Waals surface area contributed by atoms with Crippen molar-refractivity contribution in [3.8, 4) is 24.3 Å². The Bertz CT molecular complexity index is 1600. The van der Waals surface area contributed by atoms with Gasteiger partial charge in [-0.3, -0.25) is 24.4 Å². The summed E-state index contributed by atoms with van der Waals surface area (Å²) >= 11 is 0. The van der Waals surface area contributed by atoms with Crippen LogP contribution in [0.1, 0.15) is 35.3 Å². The Hall–Kier alpha value is -4.96. The first-order valence-corrected chi connectivity index (χ1v) is 17.2. The molecule has 6 rings (SSSR count). The highest BCUT2D eigenvalue weighted by molar-refractivity contribution is 5.77. The standard InChI is InChI=1S/C26H32N4O3.C9H10.C3H4F3NO.C2H2/c27-26(32)21(16-20-6-2-1-3-7-20)17-22(31)18-29-12-14-30(15-13-29)19-23-9-10-25(33-23)24-8-4-5-11-28-24;1-2-5-9-7-3-6-8(9)4-1;4-3(5,6)1-7-2-8;1-2/h1-11,21-22,31H,12-19H2,(H2,27,32);1-2,4-5H,3,6-7H2;2H,1H2,(H,7,8);1-2H/t21-,22?;;;/m1.../s1. The summed E-state index contributed by atoms with van der Waals surface area (Å²) in [6.45, 7) is 3.58. The Labute approximate surface area is 304 Å². The minimum absolute atomic E-state index is 0.00743. The van der Waals surface area contributed by atoms with Gasteiger partial charge in [-0.15, -0.1) is 12.8 Å². The third-order valence-corrected chi connectivity index (χ3v) is 8.57. The minimum atomic E-state index is -4.29. The van der Waals surface area contributed by atoms with Crippen LogP contribution >= 0.6 is 0 Å². The lowest BCUT2D eigenvalue weighted by molar-refractivity contribution is -0.132. The van der Waals surface area contributed by atoms with Gasteiger partial charge in [-0.2, -0.15) is 13.2 Å². The van der Waals surface area contributed by atoms with Crippen LogP contribution in [0.15, 0.2) is 95.5 Å². The summed E-state index contributed by atoms with van der Waals surface area (Å²) in [6, 6.07) is 28.3. The molecule has 1 saturated heterocycles. The first-order valence-electron chi connectivity index (χ1n) is 17.2. The average Bonchev–Trinajstić information content (AvgIpc) is 3.83. The summed E-state index contributed by atoms with van der Waals surface area (Å²) < 4.78 is 39.0. The van der Waals surface area contributed by atoms with Crippen molar-refractivity contribution in [1.29, 1.82) is 0 Å². The SMILES string of the molecule is C#C.NC(=O)[C@H](Cc1ccccc1)CC(O)CN1CCN(Cc2ccc(-c3ccccn3)o2)CC1.O=CNCC(F)(F)F.c1ccc2c(c1)CCC2. The van der Waals surface area contributed by atoms with E-state index in [1.54, 1.807) is 17.3 Å². The molecule has 4 aromatic rings. The smallest absolute Gasteiger partial charge is 0.405 e. The van der Waals surface area contributed by atoms with E-state index in [-0.39, 0.29) is 18.2 Å². The number of benzene rings is 2. The zero-order valence-corrected chi connectivity index (χ0v) is 29.3. The highest BCUT2D eigenvalue weighted by Crippen LogP contribution is 2.22. The maximum atomic E-state index is 11.9. The number of nitrogens with two attached hydrogens (primary N) is 1. The van der Waals surface area contributed by atoms with E-state index < -0.39 is 18.8 Å². The monoisotopic (exact) mass is 719 g/mol. The van der Waals surface area contributed by atoms with Crippen LogP contribution in [-0.2, 0) is 35.4 Å². The Morgan fingerprint density at radius 2 is 1.54 bits per heavy atom. The number of amides is 2. The number of terminal acetylenes is 1. The number of aliphatic hydroxyl groups is 1. The lowest BCUT2D eigenvalue weighted by atomic mass is 9.93. The van der Waals surface area contributed by atoms with Gasteiger partial charge >= 0.3 is 6.18 Å². The third kappa shape index (κ3) is 15.1. The van der Waals surface area contributed by atoms with Gasteiger partial charge < -0.3 is 20.6 Å². The first kappa shape index (κ1) is 41.5. The number of nitrogens with zero attached hydrogens (tertiary/aromatic N) is 3. The predicted octanol–water partition coefficient (Wildman–Crippen LogP) is 5.27. The van der Waals surface area contributed by atoms with Crippen LogP contribution in [0.4, 0.5) is 13.2 Å². The van der Waals surface area contributed by atoms with Gasteiger partial charge in [0.25, 0.3) is 0 Å². The maximum absolute atomic E-state index is 11.9. The predicted molar refractivity (Wildman–Crippen MR) is 196 cm³/mol. The van der Waals surface area contributed by atoms with E-state index in [2.05, 4.69) is 51.9 Å². The van der Waals surface area contributed by atoms with Crippen molar-refractivity contribution >= 4 is 12.3 Å². The zero-order chi connectivity index (χ0) is 37.8. The number of halogens is 3. The third-order valence-electron chi connectivity index (χ3n) is 8.57. The molecule has 2 aliphatic rings. The number of alkyl halides is 3. The Morgan fingerprint density at radius 1 is 0.923 bits per heavy atom. The second kappa shape index (κ2) is 22.1. The summed E-state index contributed by atoms with van der Waals surface area (Å²) in [5, 5.41) is 12.1. The number of primary amides is 1. The number of aromatic nitrogens is 1. The molecule has 2 atom stereocenters. The van der Waals surface area contributed by atoms with E-state index in [1.807, 2.05) is 60.7 Å². The van der Waals surface area contributed by atoms with Gasteiger partial charge in [-0.1, -0.05) is 60.7 Å². The van der Waals surface area contributed by atoms with Crippen LogP contribution in [0.2, 0.25) is 0 Å². The van der Waals surface area contributed by atoms with E-state index in [4.69, 9.17) is 10.2 Å². The molecule has 0 spiro atoms. The molecule has 1 aliphatic carbocycles. The fourth-order valence-electron chi connectivity index (χ4n) is 6.03. The number of carbonyl (C=O) groups is 2. The van der Waals surface area contributed by atoms with Crippen molar-refractivity contribution in [3.05, 3.63) is 114 Å². The summed E-state index contributed by atoms with van der Waals surface area (Å²) in [7, 11) is 0. The van der Waals surface area contributed by atoms with Gasteiger partial charge in [-0.05, 0) is 73.1 Å². The van der Waals surface area contributed by atoms with E-state index in [9.17, 15) is 27.9 Å². The van der Waals surface area contributed by atoms with Gasteiger partial charge in [-0.25, -0.2) is 0 Å². The zero-order valence-electron chi connectivity index (χ0n) is 29.3. The van der Waals surface area contributed by atoms with E-state index >= 15 is 0 Å². The number of β-amino-alcohol motifs (C(OH)–C–C–N with tert-alkyl or cyclic N) is 1. The van der Waals surface area contributed by atoms with Crippen LogP contribution in [0.25, 0.3) is 11.5 Å². The number of hydrogen-bond acceptors (Lipinski definition) is 7. The molecule has 2 aromatic carbocycles. The number of fused-ring (bicyclic) bond motifs is 1. The van der Waals surface area contributed by atoms with Crippen molar-refractivity contribution < 1.29 is 32.3 Å². The second-order valence-electron chi connectivity index (χ2n) is 12.5. The van der Waals surface area contributed by atoms with E-state index in [0.717, 1.165) is 55.5 Å². The molecule has 52 heavy (non-hydrogen) atoms. The van der Waals surface area contributed by atoms with Gasteiger partial charge in [0.2, 0.25) is 12.3 Å². The summed E-state index contributed by atoms with van der Waals surface area (Å²) in [4.78, 5) is 30.1. The van der Waals surface area contributed by atoms with Crippen LogP contribution in [0, 0.1) is 18.8 Å². The summed E-state index contributed by atoms with van der Waals surface area (Å²) in [5.41, 5.74) is 10.6. The molecular weight excluding hydrogens is 671 g/mol. The molecule has 1 fully saturated rings. The van der Waals surface area contributed by atoms with E-state index in [1.165, 1.54) is 24.6 Å². The van der Waals surface area contributed by atoms with Crippen molar-refractivity contribution in [3.63, 3.8) is 0 Å². The second-order valence-corrected chi connectivity index (χ2v) is 12.5. The van der Waals surface area contributed by atoms with E-state index in [0.29, 0.717) is 19.4 Å². The number of hydrogen-bond donors (Lipinski definition) is 3. The molecule has 4 N–H and O–H groups in total. The Balaban J connectivity index is 0.000000311. The number of furan rings is 1. The van der Waals surface area contributed by atoms with Crippen molar-refractivity contribution in [2.24, 2.45) is 11.7 Å². The quantitative estimate of drug-likeness (QED) is 0.135. The number of carbonyl (C=O) groups excluding carboxylic acids is 2. The maximum Gasteiger partial charge on any atom is 0.405 e. The molecule has 1 aliphatic heterocycles. The molecule has 2 amide bonds.